The Bertz CT molecular complexity index is 552. The largest absolute Gasteiger partial charge is 0.465 e. The molecule has 100 valence electrons. The Labute approximate surface area is 110 Å². The summed E-state index contributed by atoms with van der Waals surface area (Å²) in [5.74, 6) is -0.166. The summed E-state index contributed by atoms with van der Waals surface area (Å²) in [6, 6.07) is -0.125. The van der Waals surface area contributed by atoms with Crippen molar-refractivity contribution in [2.45, 2.75) is 13.0 Å². The summed E-state index contributed by atoms with van der Waals surface area (Å²) < 4.78 is 27.6. The molecule has 0 bridgehead atoms. The van der Waals surface area contributed by atoms with Crippen molar-refractivity contribution in [2.75, 3.05) is 30.1 Å². The molecule has 1 aliphatic heterocycles. The van der Waals surface area contributed by atoms with Crippen LogP contribution in [0.2, 0.25) is 0 Å². The third-order valence-corrected chi connectivity index (χ3v) is 5.61. The number of esters is 1. The van der Waals surface area contributed by atoms with Crippen LogP contribution in [0.4, 0.5) is 5.13 Å². The van der Waals surface area contributed by atoms with Gasteiger partial charge in [0.25, 0.3) is 0 Å². The quantitative estimate of drug-likeness (QED) is 0.740. The standard InChI is InChI=1S/C10H14N2O4S2/c1-7-6-18(14,15)4-3-12(7)10-11-5-8(17-10)9(13)16-2/h5,7H,3-4,6H2,1-2H3. The maximum atomic E-state index is 11.5. The molecule has 0 saturated carbocycles. The van der Waals surface area contributed by atoms with Crippen molar-refractivity contribution in [2.24, 2.45) is 0 Å². The molecule has 0 aromatic carbocycles. The number of nitrogens with zero attached hydrogens (tertiary/aromatic N) is 2. The van der Waals surface area contributed by atoms with Crippen LogP contribution < -0.4 is 4.90 Å². The molecule has 0 amide bonds. The van der Waals surface area contributed by atoms with E-state index in [0.29, 0.717) is 16.6 Å². The number of anilines is 1. The smallest absolute Gasteiger partial charge is 0.349 e. The minimum atomic E-state index is -2.94. The van der Waals surface area contributed by atoms with E-state index in [2.05, 4.69) is 9.72 Å². The summed E-state index contributed by atoms with van der Waals surface area (Å²) in [6.45, 7) is 2.26. The lowest BCUT2D eigenvalue weighted by Crippen LogP contribution is -2.46. The molecular weight excluding hydrogens is 276 g/mol. The molecule has 1 fully saturated rings. The number of aromatic nitrogens is 1. The fourth-order valence-corrected chi connectivity index (χ4v) is 4.39. The second-order valence-corrected chi connectivity index (χ2v) is 7.39. The average molecular weight is 290 g/mol. The van der Waals surface area contributed by atoms with Gasteiger partial charge in [0, 0.05) is 12.6 Å². The van der Waals surface area contributed by atoms with E-state index in [1.165, 1.54) is 24.6 Å². The van der Waals surface area contributed by atoms with Crippen LogP contribution in [-0.2, 0) is 14.6 Å². The topological polar surface area (TPSA) is 76.6 Å². The molecule has 1 aliphatic rings. The van der Waals surface area contributed by atoms with Gasteiger partial charge in [0.1, 0.15) is 4.88 Å². The van der Waals surface area contributed by atoms with Gasteiger partial charge in [-0.2, -0.15) is 0 Å². The molecule has 0 aliphatic carbocycles. The number of hydrogen-bond donors (Lipinski definition) is 0. The highest BCUT2D eigenvalue weighted by molar-refractivity contribution is 7.91. The highest BCUT2D eigenvalue weighted by Gasteiger charge is 2.30. The van der Waals surface area contributed by atoms with Crippen LogP contribution in [0.15, 0.2) is 6.20 Å². The third-order valence-electron chi connectivity index (χ3n) is 2.80. The van der Waals surface area contributed by atoms with E-state index in [9.17, 15) is 13.2 Å². The summed E-state index contributed by atoms with van der Waals surface area (Å²) in [5.41, 5.74) is 0. The lowest BCUT2D eigenvalue weighted by Gasteiger charge is -2.32. The normalized spacial score (nSPS) is 22.8. The highest BCUT2D eigenvalue weighted by atomic mass is 32.2. The van der Waals surface area contributed by atoms with E-state index < -0.39 is 15.8 Å². The summed E-state index contributed by atoms with van der Waals surface area (Å²) in [5, 5.41) is 0.665. The second-order valence-electron chi connectivity index (χ2n) is 4.16. The molecule has 8 heteroatoms. The molecule has 1 aromatic rings. The number of methoxy groups -OCH3 is 1. The monoisotopic (exact) mass is 290 g/mol. The molecule has 2 rings (SSSR count). The Kier molecular flexibility index (Phi) is 3.58. The predicted octanol–water partition coefficient (Wildman–Crippen LogP) is 0.553. The van der Waals surface area contributed by atoms with Crippen molar-refractivity contribution in [1.82, 2.24) is 4.98 Å². The number of thiazole rings is 1. The summed E-state index contributed by atoms with van der Waals surface area (Å²) >= 11 is 1.22. The van der Waals surface area contributed by atoms with Crippen molar-refractivity contribution < 1.29 is 17.9 Å². The Morgan fingerprint density at radius 3 is 2.94 bits per heavy atom. The Morgan fingerprint density at radius 2 is 2.33 bits per heavy atom. The van der Waals surface area contributed by atoms with Crippen LogP contribution in [-0.4, -0.2) is 50.6 Å². The molecule has 18 heavy (non-hydrogen) atoms. The van der Waals surface area contributed by atoms with Gasteiger partial charge in [-0.3, -0.25) is 0 Å². The molecule has 0 N–H and O–H groups in total. The minimum Gasteiger partial charge on any atom is -0.465 e. The van der Waals surface area contributed by atoms with Crippen molar-refractivity contribution >= 4 is 32.3 Å². The Morgan fingerprint density at radius 1 is 1.61 bits per heavy atom. The van der Waals surface area contributed by atoms with Crippen molar-refractivity contribution in [3.63, 3.8) is 0 Å². The first-order chi connectivity index (χ1) is 8.43. The van der Waals surface area contributed by atoms with Gasteiger partial charge in [-0.05, 0) is 6.92 Å². The average Bonchev–Trinajstić information content (AvgIpc) is 2.76. The number of sulfone groups is 1. The fraction of sp³-hybridized carbons (Fsp3) is 0.600. The molecule has 6 nitrogen and oxygen atoms in total. The first-order valence-corrected chi connectivity index (χ1v) is 8.08. The molecule has 1 atom stereocenters. The number of carbonyl (C=O) groups excluding carboxylic acids is 1. The molecular formula is C10H14N2O4S2. The van der Waals surface area contributed by atoms with Gasteiger partial charge in [-0.1, -0.05) is 11.3 Å². The van der Waals surface area contributed by atoms with E-state index in [1.54, 1.807) is 0 Å². The zero-order valence-electron chi connectivity index (χ0n) is 10.1. The number of ether oxygens (including phenoxy) is 1. The lowest BCUT2D eigenvalue weighted by atomic mass is 10.3. The first kappa shape index (κ1) is 13.3. The molecule has 2 heterocycles. The second kappa shape index (κ2) is 4.85. The third kappa shape index (κ3) is 2.64. The summed E-state index contributed by atoms with van der Waals surface area (Å²) in [7, 11) is -1.63. The lowest BCUT2D eigenvalue weighted by molar-refractivity contribution is 0.0606. The Balaban J connectivity index is 2.17. The number of hydrogen-bond acceptors (Lipinski definition) is 7. The fourth-order valence-electron chi connectivity index (χ4n) is 1.88. The van der Waals surface area contributed by atoms with Crippen LogP contribution in [0, 0.1) is 0 Å². The first-order valence-electron chi connectivity index (χ1n) is 5.44. The van der Waals surface area contributed by atoms with Gasteiger partial charge in [-0.25, -0.2) is 18.2 Å². The maximum absolute atomic E-state index is 11.5. The van der Waals surface area contributed by atoms with Gasteiger partial charge >= 0.3 is 5.97 Å². The predicted molar refractivity (Wildman–Crippen MR) is 68.9 cm³/mol. The molecule has 1 aromatic heterocycles. The van der Waals surface area contributed by atoms with Crippen LogP contribution in [0.1, 0.15) is 16.6 Å². The zero-order chi connectivity index (χ0) is 13.3. The van der Waals surface area contributed by atoms with Crippen molar-refractivity contribution in [1.29, 1.82) is 0 Å². The van der Waals surface area contributed by atoms with Crippen LogP contribution >= 0.6 is 11.3 Å². The van der Waals surface area contributed by atoms with Gasteiger partial charge < -0.3 is 9.64 Å². The van der Waals surface area contributed by atoms with E-state index in [0.717, 1.165) is 0 Å². The van der Waals surface area contributed by atoms with E-state index in [-0.39, 0.29) is 17.5 Å². The van der Waals surface area contributed by atoms with Gasteiger partial charge in [0.05, 0.1) is 24.8 Å². The molecule has 0 radical (unpaired) electrons. The summed E-state index contributed by atoms with van der Waals surface area (Å²) in [6.07, 6.45) is 1.46. The zero-order valence-corrected chi connectivity index (χ0v) is 11.8. The van der Waals surface area contributed by atoms with Crippen LogP contribution in [0.25, 0.3) is 0 Å². The van der Waals surface area contributed by atoms with Crippen molar-refractivity contribution in [3.8, 4) is 0 Å². The molecule has 1 saturated heterocycles. The van der Waals surface area contributed by atoms with Gasteiger partial charge in [-0.15, -0.1) is 0 Å². The van der Waals surface area contributed by atoms with E-state index in [1.807, 2.05) is 11.8 Å². The molecule has 0 spiro atoms. The van der Waals surface area contributed by atoms with Crippen LogP contribution in [0.5, 0.6) is 0 Å². The van der Waals surface area contributed by atoms with Crippen LogP contribution in [0.3, 0.4) is 0 Å². The minimum absolute atomic E-state index is 0.125. The van der Waals surface area contributed by atoms with Crippen molar-refractivity contribution in [3.05, 3.63) is 11.1 Å². The van der Waals surface area contributed by atoms with Gasteiger partial charge in [0.15, 0.2) is 15.0 Å². The summed E-state index contributed by atoms with van der Waals surface area (Å²) in [4.78, 5) is 17.8. The number of carbonyl (C=O) groups is 1. The highest BCUT2D eigenvalue weighted by Crippen LogP contribution is 2.27. The maximum Gasteiger partial charge on any atom is 0.349 e. The SMILES string of the molecule is COC(=O)c1cnc(N2CCS(=O)(=O)CC2C)s1. The number of rotatable bonds is 2. The Hall–Kier alpha value is -1.15. The molecule has 1 unspecified atom stereocenters. The van der Waals surface area contributed by atoms with Gasteiger partial charge in [0.2, 0.25) is 0 Å². The van der Waals surface area contributed by atoms with E-state index in [4.69, 9.17) is 0 Å². The van der Waals surface area contributed by atoms with E-state index >= 15 is 0 Å².